The molecule has 0 aliphatic carbocycles. The van der Waals surface area contributed by atoms with Crippen LogP contribution in [0.15, 0.2) is 59.2 Å². The molecule has 1 amide bonds. The van der Waals surface area contributed by atoms with Gasteiger partial charge in [0.25, 0.3) is 5.91 Å². The number of benzene rings is 2. The third-order valence-electron chi connectivity index (χ3n) is 7.96. The molecule has 2 aromatic carbocycles. The lowest BCUT2D eigenvalue weighted by molar-refractivity contribution is 0.0712. The lowest BCUT2D eigenvalue weighted by atomic mass is 9.89. The molecule has 4 aromatic rings. The number of piperidine rings is 1. The second kappa shape index (κ2) is 8.95. The molecule has 5 nitrogen and oxygen atoms in total. The molecule has 2 aromatic heterocycles. The van der Waals surface area contributed by atoms with Crippen LogP contribution in [-0.4, -0.2) is 52.9 Å². The molecule has 0 bridgehead atoms. The minimum atomic E-state index is 0.155. The first-order chi connectivity index (χ1) is 16.7. The van der Waals surface area contributed by atoms with Gasteiger partial charge in [0.15, 0.2) is 0 Å². The van der Waals surface area contributed by atoms with Crippen molar-refractivity contribution in [1.29, 1.82) is 0 Å². The van der Waals surface area contributed by atoms with Crippen LogP contribution >= 0.6 is 0 Å². The second-order valence-corrected chi connectivity index (χ2v) is 10.2. The van der Waals surface area contributed by atoms with Crippen molar-refractivity contribution in [2.75, 3.05) is 26.2 Å². The Morgan fingerprint density at radius 3 is 2.79 bits per heavy atom. The highest BCUT2D eigenvalue weighted by Gasteiger charge is 2.31. The lowest BCUT2D eigenvalue weighted by Gasteiger charge is -2.33. The Morgan fingerprint density at radius 2 is 1.91 bits per heavy atom. The highest BCUT2D eigenvalue weighted by Crippen LogP contribution is 2.34. The van der Waals surface area contributed by atoms with Crippen molar-refractivity contribution in [3.05, 3.63) is 71.6 Å². The Balaban J connectivity index is 1.05. The fourth-order valence-corrected chi connectivity index (χ4v) is 6.04. The molecule has 6 rings (SSSR count). The fourth-order valence-electron chi connectivity index (χ4n) is 6.04. The van der Waals surface area contributed by atoms with Gasteiger partial charge in [-0.15, -0.1) is 0 Å². The molecule has 34 heavy (non-hydrogen) atoms. The number of para-hydroxylation sites is 1. The summed E-state index contributed by atoms with van der Waals surface area (Å²) in [4.78, 5) is 21.4. The molecule has 176 valence electrons. The van der Waals surface area contributed by atoms with E-state index in [1.807, 2.05) is 18.4 Å². The molecule has 2 saturated heterocycles. The molecule has 2 aliphatic rings. The predicted octanol–water partition coefficient (Wildman–Crippen LogP) is 6.10. The normalized spacial score (nSPS) is 20.0. The van der Waals surface area contributed by atoms with Crippen molar-refractivity contribution in [1.82, 2.24) is 14.8 Å². The summed E-state index contributed by atoms with van der Waals surface area (Å²) >= 11 is 0. The van der Waals surface area contributed by atoms with Crippen LogP contribution in [0.2, 0.25) is 0 Å². The fraction of sp³-hybridized carbons (Fsp3) is 0.414. The lowest BCUT2D eigenvalue weighted by Crippen LogP contribution is -2.40. The van der Waals surface area contributed by atoms with Crippen molar-refractivity contribution < 1.29 is 9.21 Å². The molecule has 2 aliphatic heterocycles. The summed E-state index contributed by atoms with van der Waals surface area (Å²) in [6.07, 6.45) is 7.59. The Bertz CT molecular complexity index is 1310. The molecule has 4 heterocycles. The van der Waals surface area contributed by atoms with Crippen LogP contribution in [0, 0.1) is 6.92 Å². The third kappa shape index (κ3) is 4.03. The quantitative estimate of drug-likeness (QED) is 0.396. The second-order valence-electron chi connectivity index (χ2n) is 10.2. The van der Waals surface area contributed by atoms with Gasteiger partial charge in [0.1, 0.15) is 11.3 Å². The largest absolute Gasteiger partial charge is 0.464 e. The molecule has 1 atom stereocenters. The van der Waals surface area contributed by atoms with Gasteiger partial charge in [0.05, 0.1) is 6.26 Å². The van der Waals surface area contributed by atoms with E-state index >= 15 is 0 Å². The zero-order valence-corrected chi connectivity index (χ0v) is 19.9. The van der Waals surface area contributed by atoms with Crippen LogP contribution in [0.25, 0.3) is 21.9 Å². The minimum Gasteiger partial charge on any atom is -0.464 e. The number of rotatable bonds is 5. The molecule has 1 unspecified atom stereocenters. The van der Waals surface area contributed by atoms with Crippen molar-refractivity contribution in [2.45, 2.75) is 51.0 Å². The van der Waals surface area contributed by atoms with Gasteiger partial charge in [0, 0.05) is 41.0 Å². The third-order valence-corrected chi connectivity index (χ3v) is 7.96. The van der Waals surface area contributed by atoms with Gasteiger partial charge >= 0.3 is 0 Å². The number of hydrogen-bond acceptors (Lipinski definition) is 3. The van der Waals surface area contributed by atoms with Crippen molar-refractivity contribution in [3.63, 3.8) is 0 Å². The van der Waals surface area contributed by atoms with Crippen molar-refractivity contribution in [2.24, 2.45) is 0 Å². The summed E-state index contributed by atoms with van der Waals surface area (Å²) in [7, 11) is 0. The number of aromatic amines is 1. The number of fused-ring (bicyclic) bond motifs is 2. The first kappa shape index (κ1) is 21.5. The Hall–Kier alpha value is -3.05. The van der Waals surface area contributed by atoms with Crippen molar-refractivity contribution >= 4 is 27.8 Å². The molecular formula is C29H33N3O2. The molecule has 0 spiro atoms. The molecule has 5 heteroatoms. The average Bonchev–Trinajstić information content (AvgIpc) is 3.60. The summed E-state index contributed by atoms with van der Waals surface area (Å²) < 4.78 is 5.79. The van der Waals surface area contributed by atoms with E-state index < -0.39 is 0 Å². The van der Waals surface area contributed by atoms with Gasteiger partial charge in [0.2, 0.25) is 0 Å². The van der Waals surface area contributed by atoms with Gasteiger partial charge < -0.3 is 19.2 Å². The number of amides is 1. The number of carbonyl (C=O) groups is 1. The number of hydrogen-bond donors (Lipinski definition) is 1. The highest BCUT2D eigenvalue weighted by atomic mass is 16.3. The van der Waals surface area contributed by atoms with E-state index in [1.165, 1.54) is 29.4 Å². The first-order valence-corrected chi connectivity index (χ1v) is 12.7. The molecule has 0 radical (unpaired) electrons. The van der Waals surface area contributed by atoms with E-state index in [2.05, 4.69) is 58.1 Å². The Labute approximate surface area is 200 Å². The van der Waals surface area contributed by atoms with E-state index in [9.17, 15) is 4.79 Å². The van der Waals surface area contributed by atoms with Gasteiger partial charge in [-0.3, -0.25) is 4.79 Å². The topological polar surface area (TPSA) is 52.5 Å². The molecular weight excluding hydrogens is 422 g/mol. The van der Waals surface area contributed by atoms with E-state index in [4.69, 9.17) is 4.42 Å². The zero-order valence-electron chi connectivity index (χ0n) is 19.9. The summed E-state index contributed by atoms with van der Waals surface area (Å²) in [6, 6.07) is 17.0. The highest BCUT2D eigenvalue weighted by molar-refractivity contribution is 5.98. The molecule has 2 fully saturated rings. The number of nitrogens with one attached hydrogen (secondary N) is 1. The number of nitrogens with zero attached hydrogens (tertiary/aromatic N) is 2. The predicted molar refractivity (Wildman–Crippen MR) is 136 cm³/mol. The zero-order chi connectivity index (χ0) is 23.1. The summed E-state index contributed by atoms with van der Waals surface area (Å²) in [5.74, 6) is 0.733. The number of likely N-dealkylation sites (tertiary alicyclic amines) is 2. The van der Waals surface area contributed by atoms with Gasteiger partial charge in [-0.2, -0.15) is 0 Å². The number of aromatic nitrogens is 1. The van der Waals surface area contributed by atoms with Gasteiger partial charge in [-0.05, 0) is 82.3 Å². The smallest absolute Gasteiger partial charge is 0.270 e. The number of H-pyrrole nitrogens is 1. The maximum absolute atomic E-state index is 13.3. The SMILES string of the molecule is Cc1ccc2[nH]c(C(=O)N3CCCC3CCN3CCC(c4coc5ccccc45)CC3)cc2c1. The van der Waals surface area contributed by atoms with Gasteiger partial charge in [-0.1, -0.05) is 29.8 Å². The van der Waals surface area contributed by atoms with E-state index in [-0.39, 0.29) is 5.91 Å². The summed E-state index contributed by atoms with van der Waals surface area (Å²) in [6.45, 7) is 6.26. The molecule has 0 saturated carbocycles. The number of furan rings is 1. The van der Waals surface area contributed by atoms with Crippen LogP contribution in [-0.2, 0) is 0 Å². The van der Waals surface area contributed by atoms with Crippen LogP contribution in [0.4, 0.5) is 0 Å². The van der Waals surface area contributed by atoms with Gasteiger partial charge in [-0.25, -0.2) is 0 Å². The van der Waals surface area contributed by atoms with E-state index in [1.54, 1.807) is 0 Å². The van der Waals surface area contributed by atoms with Crippen molar-refractivity contribution in [3.8, 4) is 0 Å². The number of aryl methyl sites for hydroxylation is 1. The van der Waals surface area contributed by atoms with Crippen LogP contribution in [0.1, 0.15) is 59.6 Å². The standard InChI is InChI=1S/C29H33N3O2/c1-20-8-9-26-22(17-20)18-27(30-26)29(33)32-13-4-5-23(32)12-16-31-14-10-21(11-15-31)25-19-34-28-7-3-2-6-24(25)28/h2-3,6-9,17-19,21,23,30H,4-5,10-16H2,1H3. The van der Waals surface area contributed by atoms with Crippen LogP contribution in [0.3, 0.4) is 0 Å². The Kier molecular flexibility index (Phi) is 5.66. The number of carbonyl (C=O) groups excluding carboxylic acids is 1. The van der Waals surface area contributed by atoms with E-state index in [0.29, 0.717) is 12.0 Å². The maximum atomic E-state index is 13.3. The minimum absolute atomic E-state index is 0.155. The Morgan fingerprint density at radius 1 is 1.06 bits per heavy atom. The molecule has 1 N–H and O–H groups in total. The van der Waals surface area contributed by atoms with E-state index in [0.717, 1.165) is 67.6 Å². The van der Waals surface area contributed by atoms with Crippen LogP contribution < -0.4 is 0 Å². The maximum Gasteiger partial charge on any atom is 0.270 e. The monoisotopic (exact) mass is 455 g/mol. The summed E-state index contributed by atoms with van der Waals surface area (Å²) in [5, 5.41) is 2.39. The average molecular weight is 456 g/mol. The van der Waals surface area contributed by atoms with Crippen LogP contribution in [0.5, 0.6) is 0 Å². The first-order valence-electron chi connectivity index (χ1n) is 12.7. The summed E-state index contributed by atoms with van der Waals surface area (Å²) in [5.41, 5.74) is 5.35.